The van der Waals surface area contributed by atoms with Crippen LogP contribution in [-0.2, 0) is 47.3 Å². The molecule has 2 saturated heterocycles. The van der Waals surface area contributed by atoms with Gasteiger partial charge in [0.05, 0.1) is 24.4 Å². The second kappa shape index (κ2) is 21.4. The Kier molecular flexibility index (Phi) is 18.0. The van der Waals surface area contributed by atoms with Gasteiger partial charge in [0.15, 0.2) is 14.1 Å². The number of nitrogens with zero attached hydrogens (tertiary/aromatic N) is 1. The molecule has 3 fully saturated rings. The summed E-state index contributed by atoms with van der Waals surface area (Å²) in [5, 5.41) is 12.1. The highest BCUT2D eigenvalue weighted by atomic mass is 28.4. The predicted molar refractivity (Wildman–Crippen MR) is 238 cm³/mol. The lowest BCUT2D eigenvalue weighted by Gasteiger charge is -2.47. The van der Waals surface area contributed by atoms with Gasteiger partial charge in [-0.3, -0.25) is 14.4 Å². The van der Waals surface area contributed by atoms with E-state index in [4.69, 9.17) is 28.1 Å². The van der Waals surface area contributed by atoms with Crippen LogP contribution in [0.2, 0.25) is 18.1 Å². The number of ether oxygens (including phenoxy) is 5. The smallest absolute Gasteiger partial charge is 0.329 e. The Morgan fingerprint density at radius 2 is 1.54 bits per heavy atom. The zero-order valence-corrected chi connectivity index (χ0v) is 40.8. The maximum Gasteiger partial charge on any atom is 0.329 e. The molecule has 2 bridgehead atoms. The van der Waals surface area contributed by atoms with E-state index in [2.05, 4.69) is 46.9 Å². The first-order valence-electron chi connectivity index (χ1n) is 22.8. The Hall–Kier alpha value is -2.52. The molecule has 4 aliphatic rings. The number of fused-ring (bicyclic) bond motifs is 3. The van der Waals surface area contributed by atoms with Gasteiger partial charge in [-0.15, -0.1) is 0 Å². The number of Topliss-reactive ketones (excluding diaryl/α,β-unsaturated/α-hetero) is 1. The van der Waals surface area contributed by atoms with Gasteiger partial charge in [-0.25, -0.2) is 4.79 Å². The number of hydrogen-bond donors (Lipinski definition) is 1. The summed E-state index contributed by atoms with van der Waals surface area (Å²) in [5.41, 5.74) is 1.86. The molecule has 13 heteroatoms. The zero-order chi connectivity index (χ0) is 45.6. The van der Waals surface area contributed by atoms with Gasteiger partial charge < -0.3 is 38.1 Å². The number of aliphatic hydroxyl groups is 1. The van der Waals surface area contributed by atoms with Crippen molar-refractivity contribution in [2.45, 2.75) is 187 Å². The van der Waals surface area contributed by atoms with Gasteiger partial charge >= 0.3 is 5.97 Å². The van der Waals surface area contributed by atoms with E-state index in [1.807, 2.05) is 39.8 Å². The minimum Gasteiger partial charge on any atom is -0.456 e. The van der Waals surface area contributed by atoms with E-state index in [0.29, 0.717) is 32.1 Å². The van der Waals surface area contributed by atoms with Crippen LogP contribution in [0, 0.1) is 29.6 Å². The fraction of sp³-hybridized carbons (Fsp3) is 0.792. The van der Waals surface area contributed by atoms with E-state index in [1.165, 1.54) is 4.90 Å². The Labute approximate surface area is 367 Å². The molecule has 0 aromatic carbocycles. The molecule has 346 valence electrons. The number of piperidine rings is 1. The number of amides is 1. The highest BCUT2D eigenvalue weighted by molar-refractivity contribution is 6.74. The normalized spacial score (nSPS) is 38.8. The van der Waals surface area contributed by atoms with Crippen LogP contribution in [0.15, 0.2) is 35.5 Å². The van der Waals surface area contributed by atoms with Crippen LogP contribution < -0.4 is 0 Å². The molecule has 3 heterocycles. The number of allylic oxidation sites excluding steroid dienone is 4. The molecule has 1 amide bonds. The minimum atomic E-state index is -2.47. The number of hydrogen-bond acceptors (Lipinski definition) is 11. The lowest BCUT2D eigenvalue weighted by molar-refractivity contribution is -0.302. The van der Waals surface area contributed by atoms with Gasteiger partial charge in [0.2, 0.25) is 5.79 Å². The van der Waals surface area contributed by atoms with Crippen molar-refractivity contribution in [2.24, 2.45) is 29.6 Å². The van der Waals surface area contributed by atoms with Crippen molar-refractivity contribution in [1.29, 1.82) is 0 Å². The first kappa shape index (κ1) is 51.1. The summed E-state index contributed by atoms with van der Waals surface area (Å²) in [7, 11) is 2.80. The van der Waals surface area contributed by atoms with Crippen molar-refractivity contribution in [2.75, 3.05) is 27.9 Å². The Morgan fingerprint density at radius 1 is 0.902 bits per heavy atom. The average molecular weight is 874 g/mol. The maximum absolute atomic E-state index is 14.4. The van der Waals surface area contributed by atoms with Gasteiger partial charge in [0.1, 0.15) is 18.2 Å². The third-order valence-electron chi connectivity index (χ3n) is 14.3. The van der Waals surface area contributed by atoms with Crippen molar-refractivity contribution in [3.8, 4) is 0 Å². The van der Waals surface area contributed by atoms with Crippen LogP contribution in [0.5, 0.6) is 0 Å². The number of esters is 1. The third kappa shape index (κ3) is 12.4. The van der Waals surface area contributed by atoms with Gasteiger partial charge in [0.25, 0.3) is 11.7 Å². The van der Waals surface area contributed by atoms with Crippen LogP contribution in [-0.4, -0.2) is 118 Å². The molecule has 0 radical (unpaired) electrons. The molecular formula is C48H79NO11Si. The van der Waals surface area contributed by atoms with Crippen LogP contribution in [0.3, 0.4) is 0 Å². The van der Waals surface area contributed by atoms with Gasteiger partial charge in [0, 0.05) is 45.6 Å². The van der Waals surface area contributed by atoms with Gasteiger partial charge in [-0.05, 0) is 113 Å². The molecule has 0 spiro atoms. The van der Waals surface area contributed by atoms with Crippen molar-refractivity contribution >= 4 is 31.8 Å². The summed E-state index contributed by atoms with van der Waals surface area (Å²) in [6.45, 7) is 22.9. The highest BCUT2D eigenvalue weighted by Crippen LogP contribution is 2.42. The molecule has 13 atom stereocenters. The molecule has 1 aliphatic carbocycles. The molecule has 13 unspecified atom stereocenters. The number of cyclic esters (lactones) is 1. The predicted octanol–water partition coefficient (Wildman–Crippen LogP) is 7.92. The minimum absolute atomic E-state index is 0.00935. The molecule has 12 nitrogen and oxygen atoms in total. The maximum atomic E-state index is 14.4. The molecular weight excluding hydrogens is 795 g/mol. The van der Waals surface area contributed by atoms with Crippen molar-refractivity contribution < 1.29 is 52.4 Å². The molecule has 0 aromatic heterocycles. The zero-order valence-electron chi connectivity index (χ0n) is 39.8. The Morgan fingerprint density at radius 3 is 2.16 bits per heavy atom. The van der Waals surface area contributed by atoms with Crippen molar-refractivity contribution in [1.82, 2.24) is 4.90 Å². The molecule has 3 aliphatic heterocycles. The van der Waals surface area contributed by atoms with E-state index in [9.17, 15) is 24.3 Å². The quantitative estimate of drug-likeness (QED) is 0.115. The number of ketones is 2. The first-order chi connectivity index (χ1) is 28.5. The van der Waals surface area contributed by atoms with Crippen LogP contribution in [0.4, 0.5) is 0 Å². The first-order valence-corrected chi connectivity index (χ1v) is 25.7. The summed E-state index contributed by atoms with van der Waals surface area (Å²) < 4.78 is 37.3. The number of carbonyl (C=O) groups is 4. The van der Waals surface area contributed by atoms with Gasteiger partial charge in [-0.1, -0.05) is 72.3 Å². The van der Waals surface area contributed by atoms with Crippen molar-refractivity contribution in [3.63, 3.8) is 0 Å². The average Bonchev–Trinajstić information content (AvgIpc) is 3.20. The molecule has 61 heavy (non-hydrogen) atoms. The van der Waals surface area contributed by atoms with Crippen LogP contribution in [0.25, 0.3) is 0 Å². The van der Waals surface area contributed by atoms with Crippen molar-refractivity contribution in [3.05, 3.63) is 35.5 Å². The fourth-order valence-electron chi connectivity index (χ4n) is 9.55. The topological polar surface area (TPSA) is 147 Å². The summed E-state index contributed by atoms with van der Waals surface area (Å²) in [4.78, 5) is 57.9. The van der Waals surface area contributed by atoms with Gasteiger partial charge in [-0.2, -0.15) is 0 Å². The van der Waals surface area contributed by atoms with Crippen LogP contribution >= 0.6 is 0 Å². The second-order valence-corrected chi connectivity index (χ2v) is 25.1. The molecule has 0 aromatic rings. The molecule has 1 N–H and O–H groups in total. The SMILES string of the molecule is COC1CC(C=C(C)C2OC(=O)C3CCCCN3C(=O)C(=O)C3(O)OC(C(OC)CC(C)C/C(C)=C/C(C)C(=O)/C=C/C2C)C(OC)CC3C)CCC1O[Si](C)(C)C(C)(C)C. The standard InChI is InChI=1S/C48H79NO11Si/c1-29-23-30(2)25-40(56-11)43-41(57-12)27-34(6)48(54,59-43)44(51)45(52)49-22-16-15-17-36(49)46(53)58-42(31(3)18-20-37(50)32(4)24-29)33(5)26-35-19-21-38(39(28-35)55-10)60-61(13,14)47(7,8)9/h18,20,24,26,30-32,34-36,38-43,54H,15-17,19,21-23,25,27-28H2,1-14H3/b20-18+,29-24+,33-26?. The molecule has 1 saturated carbocycles. The van der Waals surface area contributed by atoms with E-state index in [-0.39, 0.29) is 53.7 Å². The lowest BCUT2D eigenvalue weighted by Crippen LogP contribution is -2.64. The third-order valence-corrected chi connectivity index (χ3v) is 18.8. The summed E-state index contributed by atoms with van der Waals surface area (Å²) in [6.07, 6.45) is 10.1. The Balaban J connectivity index is 1.71. The summed E-state index contributed by atoms with van der Waals surface area (Å²) in [6, 6.07) is -1.06. The highest BCUT2D eigenvalue weighted by Gasteiger charge is 2.56. The van der Waals surface area contributed by atoms with E-state index < -0.39 is 74.1 Å². The second-order valence-electron chi connectivity index (χ2n) is 20.3. The molecule has 4 rings (SSSR count). The van der Waals surface area contributed by atoms with E-state index >= 15 is 0 Å². The monoisotopic (exact) mass is 874 g/mol. The lowest BCUT2D eigenvalue weighted by atomic mass is 9.82. The van der Waals surface area contributed by atoms with Crippen LogP contribution in [0.1, 0.15) is 120 Å². The van der Waals surface area contributed by atoms with E-state index in [1.54, 1.807) is 34.3 Å². The fourth-order valence-corrected chi connectivity index (χ4v) is 10.9. The number of carbonyl (C=O) groups excluding carboxylic acids is 4. The Bertz CT molecular complexity index is 1630. The van der Waals surface area contributed by atoms with E-state index in [0.717, 1.165) is 30.4 Å². The largest absolute Gasteiger partial charge is 0.456 e. The number of methoxy groups -OCH3 is 3. The summed E-state index contributed by atoms with van der Waals surface area (Å²) >= 11 is 0. The summed E-state index contributed by atoms with van der Waals surface area (Å²) in [5.74, 6) is -6.67. The number of rotatable bonds is 7.